The minimum absolute atomic E-state index is 0.139. The monoisotopic (exact) mass is 198 g/mol. The Hall–Kier alpha value is -0.450. The van der Waals surface area contributed by atoms with Crippen molar-refractivity contribution in [2.45, 2.75) is 38.5 Å². The Morgan fingerprint density at radius 2 is 2.54 bits per heavy atom. The molecule has 2 unspecified atom stereocenters. The van der Waals surface area contributed by atoms with Crippen LogP contribution >= 0.6 is 11.3 Å². The Morgan fingerprint density at radius 3 is 3.00 bits per heavy atom. The molecule has 2 N–H and O–H groups in total. The Bertz CT molecular complexity index is 287. The number of nitrogens with zero attached hydrogens (tertiary/aromatic N) is 1. The van der Waals surface area contributed by atoms with E-state index in [0.717, 1.165) is 30.1 Å². The highest BCUT2D eigenvalue weighted by atomic mass is 32.1. The average molecular weight is 198 g/mol. The highest BCUT2D eigenvalue weighted by molar-refractivity contribution is 7.09. The highest BCUT2D eigenvalue weighted by Crippen LogP contribution is 2.19. The number of thiazole rings is 1. The van der Waals surface area contributed by atoms with Gasteiger partial charge in [-0.05, 0) is 19.8 Å². The molecule has 72 valence electrons. The lowest BCUT2D eigenvalue weighted by Gasteiger charge is -2.32. The Balaban J connectivity index is 1.79. The molecule has 4 heteroatoms. The number of hydrogen-bond donors (Lipinski definition) is 2. The van der Waals surface area contributed by atoms with Crippen LogP contribution in [0.1, 0.15) is 23.5 Å². The molecule has 0 bridgehead atoms. The Labute approximate surface area is 81.8 Å². The first-order valence-electron chi connectivity index (χ1n) is 4.58. The van der Waals surface area contributed by atoms with Gasteiger partial charge in [-0.1, -0.05) is 0 Å². The second-order valence-electron chi connectivity index (χ2n) is 3.49. The SMILES string of the molecule is Cc1nc(CNC2CCC2O)cs1. The molecule has 0 aliphatic heterocycles. The zero-order valence-electron chi connectivity index (χ0n) is 7.66. The fourth-order valence-corrected chi connectivity index (χ4v) is 2.06. The summed E-state index contributed by atoms with van der Waals surface area (Å²) in [6, 6.07) is 0.294. The lowest BCUT2D eigenvalue weighted by atomic mass is 9.89. The molecule has 1 aromatic rings. The standard InChI is InChI=1S/C9H14N2OS/c1-6-11-7(5-13-6)4-10-8-2-3-9(8)12/h5,8-10,12H,2-4H2,1H3. The van der Waals surface area contributed by atoms with Crippen LogP contribution < -0.4 is 5.32 Å². The van der Waals surface area contributed by atoms with Crippen molar-refractivity contribution in [2.75, 3.05) is 0 Å². The number of nitrogens with one attached hydrogen (secondary N) is 1. The number of aromatic nitrogens is 1. The first-order chi connectivity index (χ1) is 6.25. The molecule has 13 heavy (non-hydrogen) atoms. The van der Waals surface area contributed by atoms with Gasteiger partial charge in [-0.3, -0.25) is 0 Å². The van der Waals surface area contributed by atoms with Crippen LogP contribution in [0.25, 0.3) is 0 Å². The molecule has 0 spiro atoms. The second-order valence-corrected chi connectivity index (χ2v) is 4.55. The van der Waals surface area contributed by atoms with Crippen molar-refractivity contribution < 1.29 is 5.11 Å². The van der Waals surface area contributed by atoms with Crippen molar-refractivity contribution in [3.05, 3.63) is 16.1 Å². The zero-order chi connectivity index (χ0) is 9.26. The summed E-state index contributed by atoms with van der Waals surface area (Å²) in [6.45, 7) is 2.79. The average Bonchev–Trinajstić information content (AvgIpc) is 2.49. The number of hydrogen-bond acceptors (Lipinski definition) is 4. The Morgan fingerprint density at radius 1 is 1.69 bits per heavy atom. The topological polar surface area (TPSA) is 45.2 Å². The maximum absolute atomic E-state index is 9.31. The van der Waals surface area contributed by atoms with Crippen molar-refractivity contribution >= 4 is 11.3 Å². The summed E-state index contributed by atoms with van der Waals surface area (Å²) in [6.07, 6.45) is 1.89. The summed E-state index contributed by atoms with van der Waals surface area (Å²) in [5, 5.41) is 15.8. The molecule has 1 aliphatic carbocycles. The smallest absolute Gasteiger partial charge is 0.0897 e. The van der Waals surface area contributed by atoms with E-state index in [1.165, 1.54) is 0 Å². The lowest BCUT2D eigenvalue weighted by Crippen LogP contribution is -2.47. The van der Waals surface area contributed by atoms with Crippen LogP contribution in [0.4, 0.5) is 0 Å². The molecule has 0 aromatic carbocycles. The maximum Gasteiger partial charge on any atom is 0.0897 e. The molecule has 0 amide bonds. The van der Waals surface area contributed by atoms with E-state index in [1.54, 1.807) is 11.3 Å². The second kappa shape index (κ2) is 3.74. The van der Waals surface area contributed by atoms with E-state index in [4.69, 9.17) is 0 Å². The van der Waals surface area contributed by atoms with Gasteiger partial charge >= 0.3 is 0 Å². The summed E-state index contributed by atoms with van der Waals surface area (Å²) >= 11 is 1.67. The maximum atomic E-state index is 9.31. The number of aryl methyl sites for hydroxylation is 1. The van der Waals surface area contributed by atoms with E-state index >= 15 is 0 Å². The van der Waals surface area contributed by atoms with Gasteiger partial charge in [0.15, 0.2) is 0 Å². The minimum Gasteiger partial charge on any atom is -0.392 e. The van der Waals surface area contributed by atoms with Gasteiger partial charge in [0.25, 0.3) is 0 Å². The van der Waals surface area contributed by atoms with Crippen LogP contribution in [0.15, 0.2) is 5.38 Å². The minimum atomic E-state index is -0.139. The number of aliphatic hydroxyl groups is 1. The summed E-state index contributed by atoms with van der Waals surface area (Å²) in [5.74, 6) is 0. The van der Waals surface area contributed by atoms with Crippen molar-refractivity contribution in [3.63, 3.8) is 0 Å². The van der Waals surface area contributed by atoms with Gasteiger partial charge in [-0.25, -0.2) is 4.98 Å². The fraction of sp³-hybridized carbons (Fsp3) is 0.667. The Kier molecular flexibility index (Phi) is 2.62. The third-order valence-electron chi connectivity index (χ3n) is 2.45. The van der Waals surface area contributed by atoms with Crippen LogP contribution in [0, 0.1) is 6.92 Å². The number of rotatable bonds is 3. The molecule has 1 heterocycles. The van der Waals surface area contributed by atoms with Gasteiger partial charge in [0.2, 0.25) is 0 Å². The van der Waals surface area contributed by atoms with E-state index in [9.17, 15) is 5.11 Å². The van der Waals surface area contributed by atoms with Gasteiger partial charge in [-0.15, -0.1) is 11.3 Å². The largest absolute Gasteiger partial charge is 0.392 e. The van der Waals surface area contributed by atoms with Crippen molar-refractivity contribution in [1.82, 2.24) is 10.3 Å². The fourth-order valence-electron chi connectivity index (χ4n) is 1.45. The van der Waals surface area contributed by atoms with Gasteiger partial charge < -0.3 is 10.4 Å². The van der Waals surface area contributed by atoms with Crippen molar-refractivity contribution in [2.24, 2.45) is 0 Å². The molecular formula is C9H14N2OS. The normalized spacial score (nSPS) is 27.2. The van der Waals surface area contributed by atoms with E-state index in [0.29, 0.717) is 6.04 Å². The summed E-state index contributed by atoms with van der Waals surface area (Å²) in [7, 11) is 0. The van der Waals surface area contributed by atoms with Crippen LogP contribution in [0.5, 0.6) is 0 Å². The quantitative estimate of drug-likeness (QED) is 0.763. The van der Waals surface area contributed by atoms with Crippen molar-refractivity contribution in [3.8, 4) is 0 Å². The first kappa shape index (κ1) is 9.12. The predicted octanol–water partition coefficient (Wildman–Crippen LogP) is 1.06. The van der Waals surface area contributed by atoms with Crippen LogP contribution in [-0.2, 0) is 6.54 Å². The lowest BCUT2D eigenvalue weighted by molar-refractivity contribution is 0.0491. The van der Waals surface area contributed by atoms with E-state index < -0.39 is 0 Å². The summed E-state index contributed by atoms with van der Waals surface area (Å²) in [5.41, 5.74) is 1.08. The van der Waals surface area contributed by atoms with Crippen LogP contribution in [-0.4, -0.2) is 22.2 Å². The predicted molar refractivity (Wildman–Crippen MR) is 52.7 cm³/mol. The third-order valence-corrected chi connectivity index (χ3v) is 3.27. The van der Waals surface area contributed by atoms with Crippen molar-refractivity contribution in [1.29, 1.82) is 0 Å². The molecule has 2 atom stereocenters. The molecule has 1 fully saturated rings. The molecule has 1 saturated carbocycles. The molecule has 0 radical (unpaired) electrons. The van der Waals surface area contributed by atoms with E-state index in [2.05, 4.69) is 15.7 Å². The van der Waals surface area contributed by atoms with Gasteiger partial charge in [0.1, 0.15) is 0 Å². The molecular weight excluding hydrogens is 184 g/mol. The van der Waals surface area contributed by atoms with Gasteiger partial charge in [0.05, 0.1) is 16.8 Å². The van der Waals surface area contributed by atoms with E-state index in [1.807, 2.05) is 6.92 Å². The van der Waals surface area contributed by atoms with Crippen LogP contribution in [0.2, 0.25) is 0 Å². The molecule has 2 rings (SSSR count). The van der Waals surface area contributed by atoms with Gasteiger partial charge in [-0.2, -0.15) is 0 Å². The number of aliphatic hydroxyl groups excluding tert-OH is 1. The summed E-state index contributed by atoms with van der Waals surface area (Å²) in [4.78, 5) is 4.34. The molecule has 3 nitrogen and oxygen atoms in total. The molecule has 0 saturated heterocycles. The molecule has 1 aliphatic rings. The van der Waals surface area contributed by atoms with E-state index in [-0.39, 0.29) is 6.10 Å². The van der Waals surface area contributed by atoms with Gasteiger partial charge in [0, 0.05) is 18.0 Å². The highest BCUT2D eigenvalue weighted by Gasteiger charge is 2.27. The molecule has 1 aromatic heterocycles. The van der Waals surface area contributed by atoms with Crippen LogP contribution in [0.3, 0.4) is 0 Å². The summed E-state index contributed by atoms with van der Waals surface area (Å²) < 4.78 is 0. The zero-order valence-corrected chi connectivity index (χ0v) is 8.47. The first-order valence-corrected chi connectivity index (χ1v) is 5.46. The third kappa shape index (κ3) is 2.07.